The molecule has 0 N–H and O–H groups in total. The molecule has 0 aliphatic heterocycles. The molecule has 1 aromatic carbocycles. The van der Waals surface area contributed by atoms with Crippen LogP contribution in [-0.2, 0) is 32.4 Å². The summed E-state index contributed by atoms with van der Waals surface area (Å²) in [6.07, 6.45) is 2.33. The number of carbonyl (C=O) groups is 1. The number of likely N-dealkylation sites (N-methyl/N-ethyl adjacent to an activating group) is 1. The van der Waals surface area contributed by atoms with Gasteiger partial charge in [0.1, 0.15) is 6.04 Å². The molecule has 0 fully saturated rings. The van der Waals surface area contributed by atoms with Crippen LogP contribution in [0.5, 0.6) is 0 Å². The lowest BCUT2D eigenvalue weighted by atomic mass is 10.0. The molecule has 11 heteroatoms. The van der Waals surface area contributed by atoms with Crippen LogP contribution >= 0.6 is 23.5 Å². The van der Waals surface area contributed by atoms with Crippen LogP contribution in [0.3, 0.4) is 0 Å². The van der Waals surface area contributed by atoms with Crippen LogP contribution in [0.25, 0.3) is 0 Å². The standard InChI is InChI=1S/C20H30N4O4S3/c1-7-28-18(25)17(12-14(2)3)24(5)31(26,27)16-10-8-15(9-11-16)13-30-20-22-21-19(29-6)23(20)4/h8-11,14,17H,7,12-13H2,1-6H3/t17-/m0/s1. The monoisotopic (exact) mass is 486 g/mol. The predicted octanol–water partition coefficient (Wildman–Crippen LogP) is 3.43. The minimum absolute atomic E-state index is 0.138. The average molecular weight is 487 g/mol. The second-order valence-corrected chi connectivity index (χ2v) is 11.1. The molecule has 0 bridgehead atoms. The van der Waals surface area contributed by atoms with Crippen molar-refractivity contribution in [1.82, 2.24) is 19.1 Å². The van der Waals surface area contributed by atoms with E-state index < -0.39 is 22.0 Å². The van der Waals surface area contributed by atoms with Crippen LogP contribution in [0.1, 0.15) is 32.8 Å². The van der Waals surface area contributed by atoms with E-state index in [-0.39, 0.29) is 17.4 Å². The summed E-state index contributed by atoms with van der Waals surface area (Å²) in [5, 5.41) is 9.91. The highest BCUT2D eigenvalue weighted by Crippen LogP contribution is 2.26. The van der Waals surface area contributed by atoms with Gasteiger partial charge in [0, 0.05) is 19.8 Å². The zero-order valence-electron chi connectivity index (χ0n) is 18.7. The van der Waals surface area contributed by atoms with Crippen LogP contribution in [0.2, 0.25) is 0 Å². The first kappa shape index (κ1) is 25.7. The molecule has 0 aliphatic carbocycles. The van der Waals surface area contributed by atoms with E-state index in [1.54, 1.807) is 31.2 Å². The third-order valence-electron chi connectivity index (χ3n) is 4.64. The van der Waals surface area contributed by atoms with Gasteiger partial charge >= 0.3 is 5.97 Å². The first-order valence-electron chi connectivity index (χ1n) is 9.91. The van der Waals surface area contributed by atoms with Crippen LogP contribution in [0.4, 0.5) is 0 Å². The van der Waals surface area contributed by atoms with Crippen LogP contribution in [0, 0.1) is 5.92 Å². The fraction of sp³-hybridized carbons (Fsp3) is 0.550. The molecular weight excluding hydrogens is 456 g/mol. The lowest BCUT2D eigenvalue weighted by Gasteiger charge is -2.27. The van der Waals surface area contributed by atoms with Gasteiger partial charge in [-0.3, -0.25) is 4.79 Å². The summed E-state index contributed by atoms with van der Waals surface area (Å²) in [4.78, 5) is 12.5. The molecule has 0 radical (unpaired) electrons. The van der Waals surface area contributed by atoms with Crippen LogP contribution in [-0.4, -0.2) is 59.4 Å². The van der Waals surface area contributed by atoms with Gasteiger partial charge in [-0.25, -0.2) is 8.42 Å². The van der Waals surface area contributed by atoms with Crippen LogP contribution in [0.15, 0.2) is 39.5 Å². The van der Waals surface area contributed by atoms with Crippen molar-refractivity contribution in [1.29, 1.82) is 0 Å². The number of benzene rings is 1. The molecule has 0 amide bonds. The summed E-state index contributed by atoms with van der Waals surface area (Å²) in [5.41, 5.74) is 0.962. The molecule has 0 saturated carbocycles. The summed E-state index contributed by atoms with van der Waals surface area (Å²) in [7, 11) is -0.497. The highest BCUT2D eigenvalue weighted by molar-refractivity contribution is 7.99. The first-order chi connectivity index (χ1) is 14.6. The van der Waals surface area contributed by atoms with Crippen molar-refractivity contribution in [3.63, 3.8) is 0 Å². The average Bonchev–Trinajstić information content (AvgIpc) is 3.09. The number of ether oxygens (including phenoxy) is 1. The molecule has 8 nitrogen and oxygen atoms in total. The Morgan fingerprint density at radius 3 is 2.32 bits per heavy atom. The van der Waals surface area contributed by atoms with Gasteiger partial charge in [0.15, 0.2) is 10.3 Å². The van der Waals surface area contributed by atoms with Gasteiger partial charge in [-0.15, -0.1) is 10.2 Å². The molecule has 1 aromatic heterocycles. The molecular formula is C20H30N4O4S3. The Balaban J connectivity index is 2.14. The minimum atomic E-state index is -3.84. The Morgan fingerprint density at radius 2 is 1.81 bits per heavy atom. The largest absolute Gasteiger partial charge is 0.465 e. The molecule has 1 heterocycles. The topological polar surface area (TPSA) is 94.4 Å². The summed E-state index contributed by atoms with van der Waals surface area (Å²) in [6.45, 7) is 5.80. The Bertz CT molecular complexity index is 975. The summed E-state index contributed by atoms with van der Waals surface area (Å²) in [6, 6.07) is 5.84. The van der Waals surface area contributed by atoms with E-state index in [2.05, 4.69) is 10.2 Å². The summed E-state index contributed by atoms with van der Waals surface area (Å²) < 4.78 is 34.4. The second-order valence-electron chi connectivity index (χ2n) is 7.38. The number of hydrogen-bond acceptors (Lipinski definition) is 8. The quantitative estimate of drug-likeness (QED) is 0.352. The van der Waals surface area contributed by atoms with E-state index >= 15 is 0 Å². The zero-order chi connectivity index (χ0) is 23.2. The van der Waals surface area contributed by atoms with Crippen molar-refractivity contribution in [2.24, 2.45) is 13.0 Å². The van der Waals surface area contributed by atoms with E-state index in [0.717, 1.165) is 20.2 Å². The highest BCUT2D eigenvalue weighted by atomic mass is 32.2. The van der Waals surface area contributed by atoms with Gasteiger partial charge in [-0.05, 0) is 43.2 Å². The third kappa shape index (κ3) is 6.47. The molecule has 1 atom stereocenters. The molecule has 0 spiro atoms. The second kappa shape index (κ2) is 11.3. The number of rotatable bonds is 11. The fourth-order valence-corrected chi connectivity index (χ4v) is 5.65. The molecule has 2 aromatic rings. The maximum Gasteiger partial charge on any atom is 0.324 e. The van der Waals surface area contributed by atoms with Gasteiger partial charge < -0.3 is 9.30 Å². The number of sulfonamides is 1. The molecule has 31 heavy (non-hydrogen) atoms. The number of carbonyl (C=O) groups excluding carboxylic acids is 1. The Kier molecular flexibility index (Phi) is 9.41. The van der Waals surface area contributed by atoms with Gasteiger partial charge in [0.2, 0.25) is 10.0 Å². The van der Waals surface area contributed by atoms with E-state index in [0.29, 0.717) is 12.2 Å². The zero-order valence-corrected chi connectivity index (χ0v) is 21.2. The lowest BCUT2D eigenvalue weighted by molar-refractivity contribution is -0.147. The van der Waals surface area contributed by atoms with E-state index in [1.165, 1.54) is 30.6 Å². The molecule has 0 saturated heterocycles. The SMILES string of the molecule is CCOC(=O)[C@H](CC(C)C)N(C)S(=O)(=O)c1ccc(CSc2nnc(SC)n2C)cc1. The maximum absolute atomic E-state index is 13.1. The highest BCUT2D eigenvalue weighted by Gasteiger charge is 2.34. The van der Waals surface area contributed by atoms with Crippen molar-refractivity contribution >= 4 is 39.5 Å². The van der Waals surface area contributed by atoms with Gasteiger partial charge in [-0.2, -0.15) is 4.31 Å². The Labute approximate surface area is 193 Å². The van der Waals surface area contributed by atoms with Gasteiger partial charge in [0.05, 0.1) is 11.5 Å². The predicted molar refractivity (Wildman–Crippen MR) is 124 cm³/mol. The number of esters is 1. The van der Waals surface area contributed by atoms with Crippen molar-refractivity contribution < 1.29 is 17.9 Å². The third-order valence-corrected chi connectivity index (χ3v) is 8.33. The lowest BCUT2D eigenvalue weighted by Crippen LogP contribution is -2.44. The van der Waals surface area contributed by atoms with Crippen molar-refractivity contribution in [3.05, 3.63) is 29.8 Å². The van der Waals surface area contributed by atoms with E-state index in [1.807, 2.05) is 31.7 Å². The smallest absolute Gasteiger partial charge is 0.324 e. The minimum Gasteiger partial charge on any atom is -0.465 e. The number of aromatic nitrogens is 3. The van der Waals surface area contributed by atoms with Crippen molar-refractivity contribution in [3.8, 4) is 0 Å². The first-order valence-corrected chi connectivity index (χ1v) is 13.6. The molecule has 172 valence electrons. The maximum atomic E-state index is 13.1. The fourth-order valence-electron chi connectivity index (χ4n) is 2.92. The number of hydrogen-bond donors (Lipinski definition) is 0. The van der Waals surface area contributed by atoms with Gasteiger partial charge in [0.25, 0.3) is 0 Å². The normalized spacial score (nSPS) is 13.0. The van der Waals surface area contributed by atoms with Gasteiger partial charge in [-0.1, -0.05) is 49.5 Å². The van der Waals surface area contributed by atoms with E-state index in [9.17, 15) is 13.2 Å². The molecule has 0 unspecified atom stereocenters. The summed E-state index contributed by atoms with van der Waals surface area (Å²) in [5.74, 6) is 0.247. The van der Waals surface area contributed by atoms with Crippen molar-refractivity contribution in [2.75, 3.05) is 19.9 Å². The number of nitrogens with zero attached hydrogens (tertiary/aromatic N) is 4. The van der Waals surface area contributed by atoms with E-state index in [4.69, 9.17) is 4.74 Å². The Morgan fingerprint density at radius 1 is 1.19 bits per heavy atom. The Hall–Kier alpha value is -1.56. The van der Waals surface area contributed by atoms with Crippen LogP contribution < -0.4 is 0 Å². The molecule has 0 aliphatic rings. The van der Waals surface area contributed by atoms with Crippen molar-refractivity contribution in [2.45, 2.75) is 54.2 Å². The summed E-state index contributed by atoms with van der Waals surface area (Å²) >= 11 is 3.06. The molecule has 2 rings (SSSR count). The number of thioether (sulfide) groups is 2.